The lowest BCUT2D eigenvalue weighted by molar-refractivity contribution is 0.298. The van der Waals surface area contributed by atoms with Crippen molar-refractivity contribution in [3.8, 4) is 5.75 Å². The number of benzene rings is 2. The molecule has 0 amide bonds. The van der Waals surface area contributed by atoms with Crippen LogP contribution in [0.4, 0.5) is 0 Å². The number of halogens is 1. The van der Waals surface area contributed by atoms with E-state index >= 15 is 0 Å². The highest BCUT2D eigenvalue weighted by Crippen LogP contribution is 2.24. The molecule has 0 aliphatic rings. The number of fused-ring (bicyclic) bond motifs is 1. The van der Waals surface area contributed by atoms with Crippen LogP contribution in [0.5, 0.6) is 5.75 Å². The third-order valence-electron chi connectivity index (χ3n) is 2.93. The van der Waals surface area contributed by atoms with Gasteiger partial charge in [0.05, 0.1) is 10.0 Å². The molecule has 4 heteroatoms. The maximum absolute atomic E-state index is 11.9. The van der Waals surface area contributed by atoms with Crippen LogP contribution in [0.1, 0.15) is 5.56 Å². The first-order valence-corrected chi connectivity index (χ1v) is 6.92. The molecule has 0 N–H and O–H groups in total. The van der Waals surface area contributed by atoms with Gasteiger partial charge in [-0.05, 0) is 40.2 Å². The maximum Gasteiger partial charge on any atom is 0.342 e. The van der Waals surface area contributed by atoms with Crippen molar-refractivity contribution in [2.24, 2.45) is 0 Å². The zero-order chi connectivity index (χ0) is 13.9. The molecule has 3 nitrogen and oxygen atoms in total. The highest BCUT2D eigenvalue weighted by atomic mass is 79.9. The standard InChI is InChI=1S/C16H11BrO3/c17-13-6-2-4-8-15(13)19-10-12-9-11-5-1-3-7-14(11)20-16(12)18/h1-9H,10H2. The molecule has 0 bridgehead atoms. The summed E-state index contributed by atoms with van der Waals surface area (Å²) in [6.07, 6.45) is 0. The number of ether oxygens (including phenoxy) is 1. The summed E-state index contributed by atoms with van der Waals surface area (Å²) in [5.41, 5.74) is 0.720. The molecule has 1 heterocycles. The van der Waals surface area contributed by atoms with Crippen LogP contribution in [0.25, 0.3) is 11.0 Å². The first-order chi connectivity index (χ1) is 9.74. The van der Waals surface area contributed by atoms with Gasteiger partial charge in [-0.25, -0.2) is 4.79 Å². The smallest absolute Gasteiger partial charge is 0.342 e. The van der Waals surface area contributed by atoms with Gasteiger partial charge in [-0.15, -0.1) is 0 Å². The Morgan fingerprint density at radius 2 is 1.80 bits per heavy atom. The fourth-order valence-electron chi connectivity index (χ4n) is 1.92. The summed E-state index contributed by atoms with van der Waals surface area (Å²) in [5, 5.41) is 0.887. The average molecular weight is 331 g/mol. The van der Waals surface area contributed by atoms with Crippen molar-refractivity contribution < 1.29 is 9.15 Å². The predicted octanol–water partition coefficient (Wildman–Crippen LogP) is 4.13. The van der Waals surface area contributed by atoms with E-state index in [2.05, 4.69) is 15.9 Å². The Kier molecular flexibility index (Phi) is 3.56. The van der Waals surface area contributed by atoms with Crippen LogP contribution in [0, 0.1) is 0 Å². The SMILES string of the molecule is O=c1oc2ccccc2cc1COc1ccccc1Br. The molecule has 0 aliphatic heterocycles. The van der Waals surface area contributed by atoms with Gasteiger partial charge in [-0.3, -0.25) is 0 Å². The largest absolute Gasteiger partial charge is 0.487 e. The summed E-state index contributed by atoms with van der Waals surface area (Å²) >= 11 is 3.40. The van der Waals surface area contributed by atoms with E-state index in [9.17, 15) is 4.79 Å². The molecule has 1 aromatic heterocycles. The Morgan fingerprint density at radius 3 is 2.65 bits per heavy atom. The van der Waals surface area contributed by atoms with Crippen molar-refractivity contribution in [1.29, 1.82) is 0 Å². The Balaban J connectivity index is 1.89. The molecular weight excluding hydrogens is 320 g/mol. The van der Waals surface area contributed by atoms with E-state index in [-0.39, 0.29) is 12.2 Å². The van der Waals surface area contributed by atoms with Gasteiger partial charge in [-0.1, -0.05) is 30.3 Å². The Morgan fingerprint density at radius 1 is 1.05 bits per heavy atom. The van der Waals surface area contributed by atoms with Crippen LogP contribution in [0.15, 0.2) is 68.3 Å². The molecule has 20 heavy (non-hydrogen) atoms. The Labute approximate surface area is 123 Å². The summed E-state index contributed by atoms with van der Waals surface area (Å²) in [5.74, 6) is 0.694. The van der Waals surface area contributed by atoms with Crippen molar-refractivity contribution in [2.45, 2.75) is 6.61 Å². The van der Waals surface area contributed by atoms with Crippen LogP contribution >= 0.6 is 15.9 Å². The summed E-state index contributed by atoms with van der Waals surface area (Å²) < 4.78 is 11.8. The summed E-state index contributed by atoms with van der Waals surface area (Å²) in [6, 6.07) is 16.7. The lowest BCUT2D eigenvalue weighted by Crippen LogP contribution is -2.10. The quantitative estimate of drug-likeness (QED) is 0.677. The molecule has 0 aliphatic carbocycles. The van der Waals surface area contributed by atoms with Crippen LogP contribution in [-0.2, 0) is 6.61 Å². The third kappa shape index (κ3) is 2.60. The second-order valence-electron chi connectivity index (χ2n) is 4.32. The second kappa shape index (κ2) is 5.51. The van der Waals surface area contributed by atoms with Crippen molar-refractivity contribution in [3.05, 3.63) is 75.1 Å². The van der Waals surface area contributed by atoms with E-state index in [1.54, 1.807) is 12.1 Å². The van der Waals surface area contributed by atoms with Gasteiger partial charge >= 0.3 is 5.63 Å². The number of hydrogen-bond donors (Lipinski definition) is 0. The van der Waals surface area contributed by atoms with Gasteiger partial charge in [0.1, 0.15) is 17.9 Å². The molecule has 0 radical (unpaired) electrons. The zero-order valence-corrected chi connectivity index (χ0v) is 12.1. The van der Waals surface area contributed by atoms with Gasteiger partial charge in [0.25, 0.3) is 0 Å². The number of para-hydroxylation sites is 2. The highest BCUT2D eigenvalue weighted by molar-refractivity contribution is 9.10. The fraction of sp³-hybridized carbons (Fsp3) is 0.0625. The lowest BCUT2D eigenvalue weighted by Gasteiger charge is -2.07. The minimum Gasteiger partial charge on any atom is -0.487 e. The second-order valence-corrected chi connectivity index (χ2v) is 5.17. The van der Waals surface area contributed by atoms with Crippen LogP contribution < -0.4 is 10.4 Å². The molecule has 3 aromatic rings. The molecule has 0 saturated heterocycles. The maximum atomic E-state index is 11.9. The zero-order valence-electron chi connectivity index (χ0n) is 10.5. The van der Waals surface area contributed by atoms with Crippen molar-refractivity contribution in [1.82, 2.24) is 0 Å². The van der Waals surface area contributed by atoms with E-state index in [4.69, 9.17) is 9.15 Å². The first-order valence-electron chi connectivity index (χ1n) is 6.13. The van der Waals surface area contributed by atoms with Crippen molar-refractivity contribution >= 4 is 26.9 Å². The predicted molar refractivity (Wildman–Crippen MR) is 81.0 cm³/mol. The van der Waals surface area contributed by atoms with E-state index in [0.29, 0.717) is 16.9 Å². The monoisotopic (exact) mass is 330 g/mol. The van der Waals surface area contributed by atoms with E-state index < -0.39 is 0 Å². The van der Waals surface area contributed by atoms with Crippen molar-refractivity contribution in [3.63, 3.8) is 0 Å². The molecule has 0 fully saturated rings. The fourth-order valence-corrected chi connectivity index (χ4v) is 2.32. The summed E-state index contributed by atoms with van der Waals surface area (Å²) in [6.45, 7) is 0.176. The molecule has 2 aromatic carbocycles. The number of hydrogen-bond acceptors (Lipinski definition) is 3. The molecule has 0 spiro atoms. The summed E-state index contributed by atoms with van der Waals surface area (Å²) in [7, 11) is 0. The van der Waals surface area contributed by atoms with Gasteiger partial charge < -0.3 is 9.15 Å². The Hall–Kier alpha value is -2.07. The molecule has 100 valence electrons. The van der Waals surface area contributed by atoms with Crippen LogP contribution in [0.2, 0.25) is 0 Å². The van der Waals surface area contributed by atoms with Gasteiger partial charge in [0, 0.05) is 5.39 Å². The number of rotatable bonds is 3. The van der Waals surface area contributed by atoms with Gasteiger partial charge in [-0.2, -0.15) is 0 Å². The first kappa shape index (κ1) is 12.9. The minimum absolute atomic E-state index is 0.176. The molecule has 0 saturated carbocycles. The van der Waals surface area contributed by atoms with Crippen LogP contribution in [0.3, 0.4) is 0 Å². The molecule has 0 unspecified atom stereocenters. The van der Waals surface area contributed by atoms with Gasteiger partial charge in [0.2, 0.25) is 0 Å². The normalized spacial score (nSPS) is 10.7. The highest BCUT2D eigenvalue weighted by Gasteiger charge is 2.07. The lowest BCUT2D eigenvalue weighted by atomic mass is 10.2. The Bertz CT molecular complexity index is 808. The molecule has 0 atom stereocenters. The van der Waals surface area contributed by atoms with E-state index in [1.165, 1.54) is 0 Å². The minimum atomic E-state index is -0.365. The topological polar surface area (TPSA) is 39.4 Å². The summed E-state index contributed by atoms with van der Waals surface area (Å²) in [4.78, 5) is 11.9. The third-order valence-corrected chi connectivity index (χ3v) is 3.59. The van der Waals surface area contributed by atoms with E-state index in [1.807, 2.05) is 42.5 Å². The average Bonchev–Trinajstić information content (AvgIpc) is 2.46. The van der Waals surface area contributed by atoms with E-state index in [0.717, 1.165) is 9.86 Å². The molecule has 3 rings (SSSR count). The van der Waals surface area contributed by atoms with Crippen LogP contribution in [-0.4, -0.2) is 0 Å². The van der Waals surface area contributed by atoms with Gasteiger partial charge in [0.15, 0.2) is 0 Å². The van der Waals surface area contributed by atoms with Crippen molar-refractivity contribution in [2.75, 3.05) is 0 Å². The molecular formula is C16H11BrO3.